The highest BCUT2D eigenvalue weighted by atomic mass is 19.3. The molecule has 0 aliphatic carbocycles. The first-order chi connectivity index (χ1) is 12.9. The van der Waals surface area contributed by atoms with Crippen LogP contribution >= 0.6 is 0 Å². The predicted octanol–water partition coefficient (Wildman–Crippen LogP) is 3.36. The minimum atomic E-state index is -3.61. The Morgan fingerprint density at radius 2 is 1.93 bits per heavy atom. The van der Waals surface area contributed by atoms with Crippen LogP contribution in [-0.2, 0) is 15.5 Å². The zero-order valence-corrected chi connectivity index (χ0v) is 15.0. The average Bonchev–Trinajstić information content (AvgIpc) is 2.70. The van der Waals surface area contributed by atoms with Crippen molar-refractivity contribution in [3.8, 4) is 0 Å². The molecule has 0 saturated carbocycles. The number of halogens is 2. The number of aryl methyl sites for hydroxylation is 1. The van der Waals surface area contributed by atoms with Crippen molar-refractivity contribution in [3.05, 3.63) is 59.8 Å². The van der Waals surface area contributed by atoms with E-state index < -0.39 is 17.7 Å². The van der Waals surface area contributed by atoms with Crippen molar-refractivity contribution < 1.29 is 18.4 Å². The maximum Gasteiger partial charge on any atom is 0.349 e. The SMILES string of the molecule is Cc1cccnc1NC(=O)[C@H]1CCCN(C(=O)C(F)(F)c2ccccc2)C1. The van der Waals surface area contributed by atoms with Gasteiger partial charge in [0.05, 0.1) is 5.92 Å². The maximum atomic E-state index is 14.6. The Labute approximate surface area is 156 Å². The van der Waals surface area contributed by atoms with Crippen LogP contribution in [0.15, 0.2) is 48.7 Å². The van der Waals surface area contributed by atoms with Crippen LogP contribution in [0.25, 0.3) is 0 Å². The Bertz CT molecular complexity index is 827. The Morgan fingerprint density at radius 1 is 1.19 bits per heavy atom. The van der Waals surface area contributed by atoms with E-state index in [0.29, 0.717) is 18.7 Å². The van der Waals surface area contributed by atoms with Crippen LogP contribution in [0, 0.1) is 12.8 Å². The number of nitrogens with zero attached hydrogens (tertiary/aromatic N) is 2. The topological polar surface area (TPSA) is 62.3 Å². The number of hydrogen-bond donors (Lipinski definition) is 1. The van der Waals surface area contributed by atoms with Gasteiger partial charge in [0.25, 0.3) is 5.91 Å². The molecule has 1 aliphatic rings. The van der Waals surface area contributed by atoms with E-state index >= 15 is 0 Å². The van der Waals surface area contributed by atoms with Gasteiger partial charge in [0.1, 0.15) is 5.82 Å². The van der Waals surface area contributed by atoms with E-state index in [4.69, 9.17) is 0 Å². The first kappa shape index (κ1) is 18.9. The quantitative estimate of drug-likeness (QED) is 0.894. The summed E-state index contributed by atoms with van der Waals surface area (Å²) in [5.74, 6) is -5.29. The van der Waals surface area contributed by atoms with E-state index in [1.165, 1.54) is 24.3 Å². The summed E-state index contributed by atoms with van der Waals surface area (Å²) < 4.78 is 29.1. The summed E-state index contributed by atoms with van der Waals surface area (Å²) in [5.41, 5.74) is 0.468. The fraction of sp³-hybridized carbons (Fsp3) is 0.350. The minimum Gasteiger partial charge on any atom is -0.336 e. The highest BCUT2D eigenvalue weighted by Crippen LogP contribution is 2.32. The van der Waals surface area contributed by atoms with Crippen LogP contribution in [0.3, 0.4) is 0 Å². The van der Waals surface area contributed by atoms with Crippen molar-refractivity contribution in [2.45, 2.75) is 25.7 Å². The number of amides is 2. The van der Waals surface area contributed by atoms with Gasteiger partial charge in [0, 0.05) is 24.8 Å². The number of carbonyl (C=O) groups excluding carboxylic acids is 2. The predicted molar refractivity (Wildman–Crippen MR) is 97.2 cm³/mol. The number of benzene rings is 1. The van der Waals surface area contributed by atoms with E-state index in [9.17, 15) is 18.4 Å². The molecule has 7 heteroatoms. The van der Waals surface area contributed by atoms with E-state index in [1.54, 1.807) is 18.3 Å². The van der Waals surface area contributed by atoms with Crippen molar-refractivity contribution >= 4 is 17.6 Å². The van der Waals surface area contributed by atoms with Gasteiger partial charge < -0.3 is 10.2 Å². The van der Waals surface area contributed by atoms with Crippen LogP contribution in [0.2, 0.25) is 0 Å². The second-order valence-corrected chi connectivity index (χ2v) is 6.69. The number of pyridine rings is 1. The van der Waals surface area contributed by atoms with E-state index in [0.717, 1.165) is 10.5 Å². The van der Waals surface area contributed by atoms with Crippen LogP contribution in [-0.4, -0.2) is 34.8 Å². The van der Waals surface area contributed by atoms with Crippen LogP contribution in [0.1, 0.15) is 24.0 Å². The normalized spacial score (nSPS) is 17.4. The summed E-state index contributed by atoms with van der Waals surface area (Å²) in [6.45, 7) is 2.01. The number of hydrogen-bond acceptors (Lipinski definition) is 3. The average molecular weight is 373 g/mol. The first-order valence-corrected chi connectivity index (χ1v) is 8.85. The van der Waals surface area contributed by atoms with E-state index in [-0.39, 0.29) is 24.6 Å². The van der Waals surface area contributed by atoms with Crippen molar-refractivity contribution in [1.29, 1.82) is 0 Å². The fourth-order valence-electron chi connectivity index (χ4n) is 3.18. The molecule has 1 N–H and O–H groups in total. The molecule has 1 atom stereocenters. The molecule has 2 amide bonds. The van der Waals surface area contributed by atoms with Gasteiger partial charge in [-0.25, -0.2) is 4.98 Å². The number of rotatable bonds is 4. The van der Waals surface area contributed by atoms with Gasteiger partial charge in [-0.1, -0.05) is 36.4 Å². The minimum absolute atomic E-state index is 0.0288. The zero-order chi connectivity index (χ0) is 19.4. The molecule has 142 valence electrons. The summed E-state index contributed by atoms with van der Waals surface area (Å²) >= 11 is 0. The molecule has 3 rings (SSSR count). The molecule has 1 aliphatic heterocycles. The van der Waals surface area contributed by atoms with Crippen LogP contribution < -0.4 is 5.32 Å². The maximum absolute atomic E-state index is 14.6. The van der Waals surface area contributed by atoms with Gasteiger partial charge in [0.15, 0.2) is 0 Å². The lowest BCUT2D eigenvalue weighted by Crippen LogP contribution is -2.49. The first-order valence-electron chi connectivity index (χ1n) is 8.85. The lowest BCUT2D eigenvalue weighted by atomic mass is 9.96. The summed E-state index contributed by atoms with van der Waals surface area (Å²) in [5, 5.41) is 2.73. The number of anilines is 1. The third kappa shape index (κ3) is 4.13. The van der Waals surface area contributed by atoms with Gasteiger partial charge in [-0.05, 0) is 31.4 Å². The standard InChI is InChI=1S/C20H21F2N3O2/c1-14-7-5-11-23-17(14)24-18(26)15-8-6-12-25(13-15)19(27)20(21,22)16-9-3-2-4-10-16/h2-5,7,9-11,15H,6,8,12-13H2,1H3,(H,23,24,26)/t15-/m0/s1. The molecule has 2 aromatic rings. The van der Waals surface area contributed by atoms with Crippen LogP contribution in [0.4, 0.5) is 14.6 Å². The lowest BCUT2D eigenvalue weighted by molar-refractivity contribution is -0.161. The van der Waals surface area contributed by atoms with Gasteiger partial charge in [-0.15, -0.1) is 0 Å². The molecule has 0 radical (unpaired) electrons. The van der Waals surface area contributed by atoms with Crippen molar-refractivity contribution in [2.24, 2.45) is 5.92 Å². The number of nitrogens with one attached hydrogen (secondary N) is 1. The third-order valence-electron chi connectivity index (χ3n) is 4.74. The van der Waals surface area contributed by atoms with E-state index in [1.807, 2.05) is 13.0 Å². The molecule has 5 nitrogen and oxygen atoms in total. The molecule has 1 aromatic heterocycles. The number of carbonyl (C=O) groups is 2. The smallest absolute Gasteiger partial charge is 0.336 e. The highest BCUT2D eigenvalue weighted by molar-refractivity contribution is 5.93. The summed E-state index contributed by atoms with van der Waals surface area (Å²) in [4.78, 5) is 30.2. The number of alkyl halides is 2. The van der Waals surface area contributed by atoms with Crippen molar-refractivity contribution in [2.75, 3.05) is 18.4 Å². The van der Waals surface area contributed by atoms with Gasteiger partial charge in [-0.2, -0.15) is 8.78 Å². The van der Waals surface area contributed by atoms with Gasteiger partial charge in [0.2, 0.25) is 5.91 Å². The molecule has 0 spiro atoms. The van der Waals surface area contributed by atoms with Crippen molar-refractivity contribution in [1.82, 2.24) is 9.88 Å². The molecule has 1 aromatic carbocycles. The fourth-order valence-corrected chi connectivity index (χ4v) is 3.18. The third-order valence-corrected chi connectivity index (χ3v) is 4.74. The molecular weight excluding hydrogens is 352 g/mol. The molecule has 1 fully saturated rings. The molecule has 2 heterocycles. The Hall–Kier alpha value is -2.83. The number of piperidine rings is 1. The second-order valence-electron chi connectivity index (χ2n) is 6.69. The van der Waals surface area contributed by atoms with Gasteiger partial charge >= 0.3 is 5.92 Å². The summed E-state index contributed by atoms with van der Waals surface area (Å²) in [6.07, 6.45) is 2.61. The lowest BCUT2D eigenvalue weighted by Gasteiger charge is -2.34. The van der Waals surface area contributed by atoms with Gasteiger partial charge in [-0.3, -0.25) is 9.59 Å². The monoisotopic (exact) mass is 373 g/mol. The molecule has 0 bridgehead atoms. The zero-order valence-electron chi connectivity index (χ0n) is 15.0. The summed E-state index contributed by atoms with van der Waals surface area (Å²) in [7, 11) is 0. The largest absolute Gasteiger partial charge is 0.349 e. The Kier molecular flexibility index (Phi) is 5.48. The van der Waals surface area contributed by atoms with Crippen LogP contribution in [0.5, 0.6) is 0 Å². The Morgan fingerprint density at radius 3 is 2.63 bits per heavy atom. The summed E-state index contributed by atoms with van der Waals surface area (Å²) in [6, 6.07) is 10.6. The highest BCUT2D eigenvalue weighted by Gasteiger charge is 2.45. The molecular formula is C20H21F2N3O2. The molecule has 0 unspecified atom stereocenters. The number of likely N-dealkylation sites (tertiary alicyclic amines) is 1. The molecule has 1 saturated heterocycles. The molecule has 27 heavy (non-hydrogen) atoms. The van der Waals surface area contributed by atoms with E-state index in [2.05, 4.69) is 10.3 Å². The second kappa shape index (κ2) is 7.82. The Balaban J connectivity index is 1.69. The number of aromatic nitrogens is 1. The van der Waals surface area contributed by atoms with Crippen molar-refractivity contribution in [3.63, 3.8) is 0 Å².